The first-order valence-corrected chi connectivity index (χ1v) is 9.01. The fraction of sp³-hybridized carbons (Fsp3) is 0.389. The third kappa shape index (κ3) is 6.83. The average Bonchev–Trinajstić information content (AvgIpc) is 2.76. The Labute approximate surface area is 173 Å². The molecule has 0 unspecified atom stereocenters. The lowest BCUT2D eigenvalue weighted by Crippen LogP contribution is -2.35. The molecule has 0 radical (unpaired) electrons. The first-order chi connectivity index (χ1) is 14.6. The van der Waals surface area contributed by atoms with Gasteiger partial charge in [0, 0.05) is 27.3 Å². The van der Waals surface area contributed by atoms with Crippen LogP contribution < -0.4 is 20.5 Å². The molecule has 12 heteroatoms. The Hall–Kier alpha value is -3.51. The van der Waals surface area contributed by atoms with Crippen LogP contribution in [0.25, 0.3) is 0 Å². The number of rotatable bonds is 13. The van der Waals surface area contributed by atoms with E-state index in [-0.39, 0.29) is 23.9 Å². The Kier molecular flexibility index (Phi) is 9.21. The largest absolute Gasteiger partial charge is 0.484 e. The Morgan fingerprint density at radius 2 is 1.80 bits per heavy atom. The fourth-order valence-electron chi connectivity index (χ4n) is 2.42. The van der Waals surface area contributed by atoms with Crippen LogP contribution in [-0.4, -0.2) is 67.9 Å². The van der Waals surface area contributed by atoms with E-state index in [1.807, 2.05) is 6.07 Å². The highest BCUT2D eigenvalue weighted by molar-refractivity contribution is 5.80. The SMILES string of the molecule is COCCN(CCOC)c1ncnc(NNC(=O)COc2ccccc2)c1[N+](=O)[O-]. The number of hydrazine groups is 1. The summed E-state index contributed by atoms with van der Waals surface area (Å²) in [6.07, 6.45) is 1.17. The zero-order valence-electron chi connectivity index (χ0n) is 16.7. The Morgan fingerprint density at radius 1 is 1.13 bits per heavy atom. The topological polar surface area (TPSA) is 141 Å². The predicted molar refractivity (Wildman–Crippen MR) is 108 cm³/mol. The molecule has 0 aliphatic carbocycles. The van der Waals surface area contributed by atoms with Gasteiger partial charge in [-0.3, -0.25) is 25.8 Å². The molecule has 2 aromatic rings. The minimum Gasteiger partial charge on any atom is -0.484 e. The van der Waals surface area contributed by atoms with Gasteiger partial charge in [0.2, 0.25) is 11.6 Å². The first kappa shape index (κ1) is 22.8. The number of amides is 1. The molecule has 0 atom stereocenters. The summed E-state index contributed by atoms with van der Waals surface area (Å²) >= 11 is 0. The summed E-state index contributed by atoms with van der Waals surface area (Å²) in [5.74, 6) is -0.0851. The summed E-state index contributed by atoms with van der Waals surface area (Å²) in [7, 11) is 3.06. The molecule has 0 saturated carbocycles. The van der Waals surface area contributed by atoms with Gasteiger partial charge in [0.25, 0.3) is 5.91 Å². The second-order valence-electron chi connectivity index (χ2n) is 5.90. The maximum atomic E-state index is 12.0. The van der Waals surface area contributed by atoms with Crippen LogP contribution in [0.15, 0.2) is 36.7 Å². The number of nitrogens with zero attached hydrogens (tertiary/aromatic N) is 4. The predicted octanol–water partition coefficient (Wildman–Crippen LogP) is 1.01. The zero-order chi connectivity index (χ0) is 21.8. The Balaban J connectivity index is 2.10. The molecule has 162 valence electrons. The number of para-hydroxylation sites is 1. The van der Waals surface area contributed by atoms with E-state index in [4.69, 9.17) is 14.2 Å². The zero-order valence-corrected chi connectivity index (χ0v) is 16.7. The molecule has 0 saturated heterocycles. The summed E-state index contributed by atoms with van der Waals surface area (Å²) in [5.41, 5.74) is 4.44. The number of benzene rings is 1. The molecule has 0 bridgehead atoms. The van der Waals surface area contributed by atoms with E-state index in [1.165, 1.54) is 20.5 Å². The van der Waals surface area contributed by atoms with E-state index in [0.717, 1.165) is 0 Å². The molecule has 2 N–H and O–H groups in total. The van der Waals surface area contributed by atoms with Gasteiger partial charge in [-0.15, -0.1) is 0 Å². The summed E-state index contributed by atoms with van der Waals surface area (Å²) in [5, 5.41) is 11.7. The van der Waals surface area contributed by atoms with Gasteiger partial charge in [-0.1, -0.05) is 18.2 Å². The third-order valence-corrected chi connectivity index (χ3v) is 3.85. The van der Waals surface area contributed by atoms with Crippen LogP contribution in [0.2, 0.25) is 0 Å². The lowest BCUT2D eigenvalue weighted by atomic mass is 10.3. The van der Waals surface area contributed by atoms with Gasteiger partial charge >= 0.3 is 5.69 Å². The summed E-state index contributed by atoms with van der Waals surface area (Å²) in [6.45, 7) is 1.10. The molecular formula is C18H24N6O6. The van der Waals surface area contributed by atoms with Crippen LogP contribution >= 0.6 is 0 Å². The van der Waals surface area contributed by atoms with Gasteiger partial charge < -0.3 is 19.1 Å². The lowest BCUT2D eigenvalue weighted by molar-refractivity contribution is -0.383. The molecule has 12 nitrogen and oxygen atoms in total. The second-order valence-corrected chi connectivity index (χ2v) is 5.90. The quantitative estimate of drug-likeness (QED) is 0.356. The normalized spacial score (nSPS) is 10.3. The van der Waals surface area contributed by atoms with Crippen molar-refractivity contribution in [1.82, 2.24) is 15.4 Å². The molecule has 1 heterocycles. The lowest BCUT2D eigenvalue weighted by Gasteiger charge is -2.23. The first-order valence-electron chi connectivity index (χ1n) is 9.01. The van der Waals surface area contributed by atoms with Crippen molar-refractivity contribution >= 4 is 23.2 Å². The number of anilines is 2. The Morgan fingerprint density at radius 3 is 2.40 bits per heavy atom. The fourth-order valence-corrected chi connectivity index (χ4v) is 2.42. The highest BCUT2D eigenvalue weighted by Crippen LogP contribution is 2.31. The molecular weight excluding hydrogens is 396 g/mol. The Bertz CT molecular complexity index is 814. The van der Waals surface area contributed by atoms with Crippen molar-refractivity contribution in [2.24, 2.45) is 0 Å². The number of hydrogen-bond acceptors (Lipinski definition) is 10. The van der Waals surface area contributed by atoms with Crippen molar-refractivity contribution in [3.63, 3.8) is 0 Å². The molecule has 0 spiro atoms. The van der Waals surface area contributed by atoms with Crippen LogP contribution in [0.5, 0.6) is 5.75 Å². The van der Waals surface area contributed by atoms with Crippen molar-refractivity contribution in [3.8, 4) is 5.75 Å². The minimum absolute atomic E-state index is 0.0846. The van der Waals surface area contributed by atoms with E-state index >= 15 is 0 Å². The second kappa shape index (κ2) is 12.1. The molecule has 0 fully saturated rings. The maximum absolute atomic E-state index is 12.0. The van der Waals surface area contributed by atoms with E-state index in [2.05, 4.69) is 20.8 Å². The van der Waals surface area contributed by atoms with E-state index in [1.54, 1.807) is 29.2 Å². The number of methoxy groups -OCH3 is 2. The highest BCUT2D eigenvalue weighted by atomic mass is 16.6. The molecule has 2 rings (SSSR count). The van der Waals surface area contributed by atoms with E-state index in [9.17, 15) is 14.9 Å². The molecule has 1 amide bonds. The molecule has 0 aliphatic rings. The summed E-state index contributed by atoms with van der Waals surface area (Å²) < 4.78 is 15.5. The van der Waals surface area contributed by atoms with Gasteiger partial charge in [0.1, 0.15) is 12.1 Å². The number of nitro groups is 1. The van der Waals surface area contributed by atoms with Gasteiger partial charge in [-0.05, 0) is 12.1 Å². The highest BCUT2D eigenvalue weighted by Gasteiger charge is 2.27. The van der Waals surface area contributed by atoms with Crippen molar-refractivity contribution in [2.75, 3.05) is 57.5 Å². The smallest absolute Gasteiger partial charge is 0.355 e. The summed E-state index contributed by atoms with van der Waals surface area (Å²) in [4.78, 5) is 32.7. The molecule has 1 aromatic heterocycles. The van der Waals surface area contributed by atoms with Gasteiger partial charge in [-0.2, -0.15) is 0 Å². The standard InChI is InChI=1S/C18H24N6O6/c1-28-10-8-23(9-11-29-2)18-16(24(26)27)17(19-13-20-18)22-21-15(25)12-30-14-6-4-3-5-7-14/h3-7,13H,8-12H2,1-2H3,(H,21,25)(H,19,20,22). The summed E-state index contributed by atoms with van der Waals surface area (Å²) in [6, 6.07) is 8.78. The molecule has 0 aliphatic heterocycles. The van der Waals surface area contributed by atoms with Crippen LogP contribution in [-0.2, 0) is 14.3 Å². The van der Waals surface area contributed by atoms with Crippen molar-refractivity contribution in [3.05, 3.63) is 46.8 Å². The minimum atomic E-state index is -0.614. The van der Waals surface area contributed by atoms with Gasteiger partial charge in [0.05, 0.1) is 18.1 Å². The average molecular weight is 420 g/mol. The van der Waals surface area contributed by atoms with Gasteiger partial charge in [0.15, 0.2) is 6.61 Å². The van der Waals surface area contributed by atoms with Crippen molar-refractivity contribution in [2.45, 2.75) is 0 Å². The monoisotopic (exact) mass is 420 g/mol. The number of ether oxygens (including phenoxy) is 3. The van der Waals surface area contributed by atoms with Crippen molar-refractivity contribution < 1.29 is 23.9 Å². The number of carbonyl (C=O) groups is 1. The van der Waals surface area contributed by atoms with Crippen LogP contribution in [0.3, 0.4) is 0 Å². The van der Waals surface area contributed by atoms with Crippen LogP contribution in [0.4, 0.5) is 17.3 Å². The number of nitrogens with one attached hydrogen (secondary N) is 2. The number of carbonyl (C=O) groups excluding carboxylic acids is 1. The van der Waals surface area contributed by atoms with E-state index < -0.39 is 10.8 Å². The number of aromatic nitrogens is 2. The molecule has 30 heavy (non-hydrogen) atoms. The third-order valence-electron chi connectivity index (χ3n) is 3.85. The molecule has 1 aromatic carbocycles. The van der Waals surface area contributed by atoms with E-state index in [0.29, 0.717) is 32.1 Å². The van der Waals surface area contributed by atoms with Gasteiger partial charge in [-0.25, -0.2) is 9.97 Å². The van der Waals surface area contributed by atoms with Crippen LogP contribution in [0.1, 0.15) is 0 Å². The van der Waals surface area contributed by atoms with Crippen LogP contribution in [0, 0.1) is 10.1 Å². The van der Waals surface area contributed by atoms with Crippen molar-refractivity contribution in [1.29, 1.82) is 0 Å². The number of hydrogen-bond donors (Lipinski definition) is 2. The maximum Gasteiger partial charge on any atom is 0.355 e.